The highest BCUT2D eigenvalue weighted by Crippen LogP contribution is 2.48. The maximum absolute atomic E-state index is 10.7. The molecule has 0 saturated carbocycles. The van der Waals surface area contributed by atoms with Crippen LogP contribution in [0.3, 0.4) is 0 Å². The van der Waals surface area contributed by atoms with E-state index in [0.29, 0.717) is 11.5 Å². The molecule has 3 aromatic rings. The van der Waals surface area contributed by atoms with Crippen LogP contribution in [-0.2, 0) is 5.41 Å². The fourth-order valence-electron chi connectivity index (χ4n) is 3.35. The Kier molecular flexibility index (Phi) is 7.48. The zero-order valence-corrected chi connectivity index (χ0v) is 20.6. The van der Waals surface area contributed by atoms with E-state index in [1.165, 1.54) is 5.56 Å². The van der Waals surface area contributed by atoms with Crippen LogP contribution in [0.25, 0.3) is 0 Å². The molecule has 0 bridgehead atoms. The van der Waals surface area contributed by atoms with Crippen LogP contribution in [0.4, 0.5) is 0 Å². The normalized spacial score (nSPS) is 13.0. The molecule has 32 heavy (non-hydrogen) atoms. The van der Waals surface area contributed by atoms with Crippen LogP contribution in [0.15, 0.2) is 78.9 Å². The van der Waals surface area contributed by atoms with Gasteiger partial charge in [0.1, 0.15) is 17.2 Å². The summed E-state index contributed by atoms with van der Waals surface area (Å²) in [6.07, 6.45) is 0.154. The molecule has 0 amide bonds. The molecule has 0 radical (unpaired) electrons. The second-order valence-electron chi connectivity index (χ2n) is 9.07. The number of ether oxygens (including phenoxy) is 2. The van der Waals surface area contributed by atoms with Gasteiger partial charge in [-0.2, -0.15) is 0 Å². The van der Waals surface area contributed by atoms with E-state index in [1.54, 1.807) is 0 Å². The van der Waals surface area contributed by atoms with E-state index >= 15 is 0 Å². The Morgan fingerprint density at radius 3 is 1.69 bits per heavy atom. The number of hydrogen-bond donors (Lipinski definition) is 1. The Morgan fingerprint density at radius 2 is 1.19 bits per heavy atom. The average molecular weight is 453 g/mol. The van der Waals surface area contributed by atoms with E-state index in [9.17, 15) is 4.89 Å². The van der Waals surface area contributed by atoms with Gasteiger partial charge in [0, 0.05) is 5.41 Å². The zero-order chi connectivity index (χ0) is 23.4. The van der Waals surface area contributed by atoms with Crippen molar-refractivity contribution < 1.29 is 18.9 Å². The third-order valence-electron chi connectivity index (χ3n) is 5.29. The fraction of sp³-hybridized carbons (Fsp3) is 0.333. The van der Waals surface area contributed by atoms with Crippen LogP contribution in [0.2, 0.25) is 0 Å². The first-order valence-electron chi connectivity index (χ1n) is 10.9. The van der Waals surface area contributed by atoms with Crippen molar-refractivity contribution in [3.05, 3.63) is 90.0 Å². The summed E-state index contributed by atoms with van der Waals surface area (Å²) >= 11 is 0. The van der Waals surface area contributed by atoms with Crippen LogP contribution < -0.4 is 14.0 Å². The van der Waals surface area contributed by atoms with Crippen molar-refractivity contribution in [1.29, 1.82) is 0 Å². The second-order valence-corrected chi connectivity index (χ2v) is 10.9. The minimum Gasteiger partial charge on any atom is -0.491 e. The first kappa shape index (κ1) is 24.1. The van der Waals surface area contributed by atoms with Crippen molar-refractivity contribution >= 4 is 8.38 Å². The molecule has 0 aliphatic rings. The second kappa shape index (κ2) is 9.94. The van der Waals surface area contributed by atoms with Gasteiger partial charge >= 0.3 is 0 Å². The summed E-state index contributed by atoms with van der Waals surface area (Å²) in [6, 6.07) is 25.6. The van der Waals surface area contributed by atoms with Gasteiger partial charge < -0.3 is 18.9 Å². The number of para-hydroxylation sites is 1. The molecule has 170 valence electrons. The van der Waals surface area contributed by atoms with Crippen molar-refractivity contribution in [3.8, 4) is 17.2 Å². The summed E-state index contributed by atoms with van der Waals surface area (Å²) in [7, 11) is -1.85. The van der Waals surface area contributed by atoms with Gasteiger partial charge in [0.2, 0.25) is 0 Å². The Labute approximate surface area is 193 Å². The van der Waals surface area contributed by atoms with Crippen molar-refractivity contribution in [1.82, 2.24) is 0 Å². The lowest BCUT2D eigenvalue weighted by molar-refractivity contribution is 0.175. The van der Waals surface area contributed by atoms with Gasteiger partial charge in [-0.25, -0.2) is 0 Å². The number of benzene rings is 3. The third-order valence-corrected chi connectivity index (χ3v) is 6.68. The van der Waals surface area contributed by atoms with Gasteiger partial charge in [-0.15, -0.1) is 0 Å². The lowest BCUT2D eigenvalue weighted by atomic mass is 9.78. The molecule has 0 aromatic heterocycles. The smallest absolute Gasteiger partial charge is 0.274 e. The third kappa shape index (κ3) is 6.03. The van der Waals surface area contributed by atoms with E-state index in [4.69, 9.17) is 14.0 Å². The molecule has 0 aliphatic carbocycles. The lowest BCUT2D eigenvalue weighted by Gasteiger charge is -2.30. The minimum absolute atomic E-state index is 0.154. The summed E-state index contributed by atoms with van der Waals surface area (Å²) in [5.41, 5.74) is 2.17. The molecule has 4 nitrogen and oxygen atoms in total. The maximum Gasteiger partial charge on any atom is 0.274 e. The molecule has 0 heterocycles. The van der Waals surface area contributed by atoms with Gasteiger partial charge in [0.25, 0.3) is 8.38 Å². The molecule has 0 aliphatic heterocycles. The molecule has 0 spiro atoms. The molecule has 5 heteroatoms. The van der Waals surface area contributed by atoms with E-state index in [2.05, 4.69) is 26.0 Å². The lowest BCUT2D eigenvalue weighted by Crippen LogP contribution is -2.27. The standard InChI is InChI=1S/C27H33O4P/c1-20(2)29-23-16-12-21(13-17-23)26(3,4)22-14-18-25(19-15-22)31-32(28)27(5,6)30-24-10-8-7-9-11-24/h7-20,28H,1-6H3. The predicted molar refractivity (Wildman–Crippen MR) is 132 cm³/mol. The van der Waals surface area contributed by atoms with Gasteiger partial charge in [0.15, 0.2) is 5.34 Å². The summed E-state index contributed by atoms with van der Waals surface area (Å²) in [5.74, 6) is 2.19. The minimum atomic E-state index is -1.85. The highest BCUT2D eigenvalue weighted by atomic mass is 31.2. The van der Waals surface area contributed by atoms with Crippen molar-refractivity contribution in [2.45, 2.75) is 58.4 Å². The molecule has 0 fully saturated rings. The van der Waals surface area contributed by atoms with Crippen molar-refractivity contribution in [2.24, 2.45) is 0 Å². The van der Waals surface area contributed by atoms with E-state index in [0.717, 1.165) is 11.3 Å². The first-order valence-corrected chi connectivity index (χ1v) is 12.1. The van der Waals surface area contributed by atoms with Gasteiger partial charge in [-0.1, -0.05) is 56.3 Å². The van der Waals surface area contributed by atoms with E-state index in [-0.39, 0.29) is 11.5 Å². The molecule has 1 atom stereocenters. The van der Waals surface area contributed by atoms with E-state index < -0.39 is 13.7 Å². The highest BCUT2D eigenvalue weighted by Gasteiger charge is 2.34. The Bertz CT molecular complexity index is 980. The summed E-state index contributed by atoms with van der Waals surface area (Å²) < 4.78 is 17.6. The van der Waals surface area contributed by atoms with Crippen LogP contribution in [-0.4, -0.2) is 16.3 Å². The largest absolute Gasteiger partial charge is 0.491 e. The topological polar surface area (TPSA) is 47.9 Å². The monoisotopic (exact) mass is 452 g/mol. The van der Waals surface area contributed by atoms with Crippen LogP contribution in [0.1, 0.15) is 52.7 Å². The fourth-order valence-corrected chi connectivity index (χ4v) is 4.07. The Balaban J connectivity index is 1.68. The molecule has 3 aromatic carbocycles. The van der Waals surface area contributed by atoms with Crippen LogP contribution in [0, 0.1) is 0 Å². The quantitative estimate of drug-likeness (QED) is 0.346. The van der Waals surface area contributed by atoms with E-state index in [1.807, 2.05) is 94.4 Å². The van der Waals surface area contributed by atoms with Gasteiger partial charge in [0.05, 0.1) is 6.10 Å². The van der Waals surface area contributed by atoms with Crippen LogP contribution in [0.5, 0.6) is 17.2 Å². The van der Waals surface area contributed by atoms with Crippen LogP contribution >= 0.6 is 8.38 Å². The predicted octanol–water partition coefficient (Wildman–Crippen LogP) is 7.30. The summed E-state index contributed by atoms with van der Waals surface area (Å²) in [5, 5.41) is -0.853. The van der Waals surface area contributed by atoms with Crippen molar-refractivity contribution in [2.75, 3.05) is 0 Å². The highest BCUT2D eigenvalue weighted by molar-refractivity contribution is 7.48. The Morgan fingerprint density at radius 1 is 0.688 bits per heavy atom. The first-order chi connectivity index (χ1) is 15.1. The summed E-state index contributed by atoms with van der Waals surface area (Å²) in [6.45, 7) is 12.1. The number of hydrogen-bond acceptors (Lipinski definition) is 4. The molecule has 1 N–H and O–H groups in total. The Hall–Kier alpha value is -2.55. The number of rotatable bonds is 9. The SMILES string of the molecule is CC(C)Oc1ccc(C(C)(C)c2ccc(OP(O)C(C)(C)Oc3ccccc3)cc2)cc1. The van der Waals surface area contributed by atoms with Gasteiger partial charge in [-0.3, -0.25) is 0 Å². The molecular weight excluding hydrogens is 419 g/mol. The molecule has 3 rings (SSSR count). The average Bonchev–Trinajstić information content (AvgIpc) is 2.74. The zero-order valence-electron chi connectivity index (χ0n) is 19.7. The van der Waals surface area contributed by atoms with Gasteiger partial charge in [-0.05, 0) is 75.2 Å². The van der Waals surface area contributed by atoms with Crippen molar-refractivity contribution in [3.63, 3.8) is 0 Å². The summed E-state index contributed by atoms with van der Waals surface area (Å²) in [4.78, 5) is 10.7. The maximum atomic E-state index is 10.7. The molecular formula is C27H33O4P. The molecule has 1 unspecified atom stereocenters. The molecule has 0 saturated heterocycles.